The molecule has 1 aromatic heterocycles. The van der Waals surface area contributed by atoms with Crippen LogP contribution < -0.4 is 10.1 Å². The highest BCUT2D eigenvalue weighted by molar-refractivity contribution is 6.04. The quantitative estimate of drug-likeness (QED) is 0.434. The molecule has 6 rings (SSSR count). The summed E-state index contributed by atoms with van der Waals surface area (Å²) in [6.45, 7) is 3.09. The number of nitrogens with one attached hydrogen (secondary N) is 2. The highest BCUT2D eigenvalue weighted by Crippen LogP contribution is 2.29. The number of methoxy groups -OCH3 is 1. The van der Waals surface area contributed by atoms with Crippen LogP contribution in [-0.2, 0) is 6.54 Å². The minimum atomic E-state index is -0.332. The number of carbonyl (C=O) groups is 1. The molecule has 2 unspecified atom stereocenters. The van der Waals surface area contributed by atoms with Gasteiger partial charge in [0.15, 0.2) is 0 Å². The molecule has 0 bridgehead atoms. The lowest BCUT2D eigenvalue weighted by Crippen LogP contribution is -2.51. The summed E-state index contributed by atoms with van der Waals surface area (Å²) in [5, 5.41) is 21.5. The second-order valence-corrected chi connectivity index (χ2v) is 10.3. The Kier molecular flexibility index (Phi) is 6.88. The van der Waals surface area contributed by atoms with E-state index >= 15 is 0 Å². The number of aliphatic imine (C=N–C) groups is 1. The highest BCUT2D eigenvalue weighted by atomic mass is 19.1. The average Bonchev–Trinajstić information content (AvgIpc) is 3.60. The van der Waals surface area contributed by atoms with E-state index in [1.807, 2.05) is 30.5 Å². The first kappa shape index (κ1) is 25.3. The number of allylic oxidation sites excluding steroid dienone is 2. The Morgan fingerprint density at radius 2 is 2.15 bits per heavy atom. The van der Waals surface area contributed by atoms with Crippen LogP contribution in [0, 0.1) is 11.7 Å². The summed E-state index contributed by atoms with van der Waals surface area (Å²) in [5.41, 5.74) is 3.59. The average molecular weight is 531 g/mol. The number of H-pyrrole nitrogens is 1. The van der Waals surface area contributed by atoms with Crippen molar-refractivity contribution in [1.29, 1.82) is 0 Å². The van der Waals surface area contributed by atoms with Crippen LogP contribution in [0.2, 0.25) is 0 Å². The Labute approximate surface area is 225 Å². The fourth-order valence-corrected chi connectivity index (χ4v) is 5.69. The number of halogens is 1. The zero-order valence-electron chi connectivity index (χ0n) is 21.7. The third kappa shape index (κ3) is 5.05. The van der Waals surface area contributed by atoms with Crippen LogP contribution in [0.4, 0.5) is 4.39 Å². The third-order valence-electron chi connectivity index (χ3n) is 7.60. The van der Waals surface area contributed by atoms with Gasteiger partial charge in [0, 0.05) is 67.1 Å². The number of hydrogen-bond acceptors (Lipinski definition) is 7. The molecule has 0 aliphatic carbocycles. The Morgan fingerprint density at radius 3 is 3.00 bits per heavy atom. The van der Waals surface area contributed by atoms with Gasteiger partial charge in [-0.15, -0.1) is 0 Å². The van der Waals surface area contributed by atoms with Crippen LogP contribution in [0.15, 0.2) is 59.7 Å². The number of rotatable bonds is 7. The molecule has 1 fully saturated rings. The molecule has 0 radical (unpaired) electrons. The predicted molar refractivity (Wildman–Crippen MR) is 147 cm³/mol. The summed E-state index contributed by atoms with van der Waals surface area (Å²) in [6.07, 6.45) is 6.68. The maximum absolute atomic E-state index is 14.6. The molecular formula is C29H31FN6O3. The van der Waals surface area contributed by atoms with Crippen molar-refractivity contribution >= 4 is 28.2 Å². The van der Waals surface area contributed by atoms with Crippen molar-refractivity contribution in [2.24, 2.45) is 10.9 Å². The summed E-state index contributed by atoms with van der Waals surface area (Å²) < 4.78 is 19.9. The number of aliphatic hydroxyl groups is 1. The van der Waals surface area contributed by atoms with Crippen LogP contribution in [0.5, 0.6) is 5.75 Å². The van der Waals surface area contributed by atoms with E-state index in [2.05, 4.69) is 30.3 Å². The number of benzene rings is 2. The van der Waals surface area contributed by atoms with Crippen LogP contribution in [0.25, 0.3) is 16.5 Å². The second-order valence-electron chi connectivity index (χ2n) is 10.3. The number of ether oxygens (including phenoxy) is 1. The molecule has 10 heteroatoms. The lowest BCUT2D eigenvalue weighted by molar-refractivity contribution is 0.0759. The number of carbonyl (C=O) groups excluding carboxylic acids is 1. The number of piperidine rings is 1. The maximum Gasteiger partial charge on any atom is 0.251 e. The first-order valence-electron chi connectivity index (χ1n) is 13.2. The summed E-state index contributed by atoms with van der Waals surface area (Å²) in [7, 11) is 1.52. The van der Waals surface area contributed by atoms with E-state index in [9.17, 15) is 14.3 Å². The summed E-state index contributed by atoms with van der Waals surface area (Å²) in [6, 6.07) is 10.1. The van der Waals surface area contributed by atoms with Crippen LogP contribution in [0.1, 0.15) is 28.0 Å². The molecule has 202 valence electrons. The number of nitrogens with zero attached hydrogens (tertiary/aromatic N) is 4. The lowest BCUT2D eigenvalue weighted by Gasteiger charge is -2.37. The molecule has 3 aliphatic rings. The van der Waals surface area contributed by atoms with E-state index in [0.29, 0.717) is 42.9 Å². The number of amides is 1. The van der Waals surface area contributed by atoms with Crippen molar-refractivity contribution in [3.05, 3.63) is 77.4 Å². The Morgan fingerprint density at radius 1 is 1.26 bits per heavy atom. The van der Waals surface area contributed by atoms with Crippen molar-refractivity contribution in [3.8, 4) is 5.75 Å². The van der Waals surface area contributed by atoms with Gasteiger partial charge in [0.2, 0.25) is 0 Å². The molecule has 3 N–H and O–H groups in total. The molecule has 2 atom stereocenters. The Bertz CT molecular complexity index is 1500. The van der Waals surface area contributed by atoms with Crippen molar-refractivity contribution in [2.75, 3.05) is 39.9 Å². The van der Waals surface area contributed by atoms with Gasteiger partial charge in [-0.25, -0.2) is 4.39 Å². The number of amidine groups is 1. The summed E-state index contributed by atoms with van der Waals surface area (Å²) in [5.74, 6) is 0.880. The van der Waals surface area contributed by atoms with Gasteiger partial charge in [0.25, 0.3) is 5.91 Å². The smallest absolute Gasteiger partial charge is 0.251 e. The number of hydrogen-bond donors (Lipinski definition) is 3. The second kappa shape index (κ2) is 10.6. The lowest BCUT2D eigenvalue weighted by atomic mass is 9.94. The monoisotopic (exact) mass is 530 g/mol. The Hall–Kier alpha value is -4.02. The number of aromatic nitrogens is 2. The van der Waals surface area contributed by atoms with Gasteiger partial charge in [-0.1, -0.05) is 6.07 Å². The number of aromatic amines is 1. The van der Waals surface area contributed by atoms with Gasteiger partial charge in [-0.3, -0.25) is 19.8 Å². The molecule has 2 aromatic carbocycles. The SMILES string of the molecule is COc1cccc(F)c1CN1CC(CO)CC(NC(=O)c2ccc3[nH]nc(C4=CN5CCN=C5C=C4)c3c2)C1. The molecule has 1 saturated heterocycles. The molecular weight excluding hydrogens is 499 g/mol. The van der Waals surface area contributed by atoms with E-state index in [1.165, 1.54) is 13.2 Å². The third-order valence-corrected chi connectivity index (χ3v) is 7.60. The normalized spacial score (nSPS) is 21.1. The van der Waals surface area contributed by atoms with Gasteiger partial charge < -0.3 is 20.1 Å². The van der Waals surface area contributed by atoms with Crippen molar-refractivity contribution < 1.29 is 19.0 Å². The predicted octanol–water partition coefficient (Wildman–Crippen LogP) is 2.95. The van der Waals surface area contributed by atoms with Crippen LogP contribution in [-0.4, -0.2) is 82.8 Å². The fourth-order valence-electron chi connectivity index (χ4n) is 5.69. The molecule has 0 spiro atoms. The zero-order valence-corrected chi connectivity index (χ0v) is 21.7. The first-order valence-corrected chi connectivity index (χ1v) is 13.2. The van der Waals surface area contributed by atoms with Crippen molar-refractivity contribution in [3.63, 3.8) is 0 Å². The largest absolute Gasteiger partial charge is 0.496 e. The maximum atomic E-state index is 14.6. The topological polar surface area (TPSA) is 106 Å². The van der Waals surface area contributed by atoms with Gasteiger partial charge in [-0.05, 0) is 54.8 Å². The van der Waals surface area contributed by atoms with E-state index < -0.39 is 0 Å². The fraction of sp³-hybridized carbons (Fsp3) is 0.345. The molecule has 3 aromatic rings. The molecule has 1 amide bonds. The first-order chi connectivity index (χ1) is 19.0. The number of fused-ring (bicyclic) bond motifs is 2. The van der Waals surface area contributed by atoms with E-state index in [4.69, 9.17) is 4.74 Å². The number of likely N-dealkylation sites (tertiary alicyclic amines) is 1. The van der Waals surface area contributed by atoms with Crippen molar-refractivity contribution in [1.82, 2.24) is 25.3 Å². The number of aliphatic hydroxyl groups excluding tert-OH is 1. The van der Waals surface area contributed by atoms with Gasteiger partial charge in [0.1, 0.15) is 23.1 Å². The minimum Gasteiger partial charge on any atom is -0.496 e. The molecule has 9 nitrogen and oxygen atoms in total. The molecule has 39 heavy (non-hydrogen) atoms. The van der Waals surface area contributed by atoms with E-state index in [0.717, 1.165) is 41.1 Å². The Balaban J connectivity index is 1.19. The van der Waals surface area contributed by atoms with Crippen LogP contribution in [0.3, 0.4) is 0 Å². The van der Waals surface area contributed by atoms with Crippen molar-refractivity contribution in [2.45, 2.75) is 19.0 Å². The van der Waals surface area contributed by atoms with Crippen LogP contribution >= 0.6 is 0 Å². The summed E-state index contributed by atoms with van der Waals surface area (Å²) >= 11 is 0. The molecule has 3 aliphatic heterocycles. The van der Waals surface area contributed by atoms with E-state index in [-0.39, 0.29) is 30.3 Å². The minimum absolute atomic E-state index is 0.00626. The highest BCUT2D eigenvalue weighted by Gasteiger charge is 2.29. The van der Waals surface area contributed by atoms with Gasteiger partial charge >= 0.3 is 0 Å². The van der Waals surface area contributed by atoms with E-state index in [1.54, 1.807) is 18.2 Å². The zero-order chi connectivity index (χ0) is 26.9. The molecule has 4 heterocycles. The molecule has 0 saturated carbocycles. The van der Waals surface area contributed by atoms with Gasteiger partial charge in [0.05, 0.1) is 19.2 Å². The standard InChI is InChI=1S/C29H31FN6O3/c1-39-26-4-2-3-24(30)23(26)16-35-13-18(17-37)11-21(15-35)32-29(38)19-5-7-25-22(12-19)28(34-33-25)20-6-8-27-31-9-10-36(27)14-20/h2-8,12,14,18,21,37H,9-11,13,15-17H2,1H3,(H,32,38)(H,33,34). The van der Waals surface area contributed by atoms with Gasteiger partial charge in [-0.2, -0.15) is 5.10 Å². The summed E-state index contributed by atoms with van der Waals surface area (Å²) in [4.78, 5) is 22.0.